The molecule has 4 aromatic rings. The standard InChI is InChI=1S/C16H25ClN2O.C16H26ClNO.C15H23ClN2O.C12H19N.C9H22N2.C9H19N/c1-11(2)13(4)18-9-5-6-16(20)19-14-7-8-15(17)12(3)10-14;1-12(2)14(4)18-9-5-6-10-19-15-7-8-16(17)13(3)11-15;1-10(2)12(4)17-7-8-18-15(19)13-6-5-11(3)14(16)9-13;1-10(2)12(13)9-8-11-6-4-3-5-7-11;1-5-10-6-7-11-9(4)8(2)3;1-7(2)8(3)10-6-9-4-5-9/h7-8,10-11,13,18H,5-6,9H2,1-4H3,(H,19,20);7-8,11-12,14,18H,5-6,9-10H2,1-4H3;5-6,9-10,12,17H,7-8H2,1-4H3,(H,18,19);3-7,10,12H,8-9,13H2,1-2H3;8-11H,5-7H2,1-4H3;7-10H,4-6H2,1-3H3. The molecule has 6 atom stereocenters. The van der Waals surface area contributed by atoms with E-state index in [0.29, 0.717) is 83.5 Å². The molecule has 6 unspecified atom stereocenters. The van der Waals surface area contributed by atoms with Crippen LogP contribution >= 0.6 is 34.8 Å². The van der Waals surface area contributed by atoms with Crippen molar-refractivity contribution < 1.29 is 14.3 Å². The summed E-state index contributed by atoms with van der Waals surface area (Å²) >= 11 is 17.9. The summed E-state index contributed by atoms with van der Waals surface area (Å²) in [4.78, 5) is 23.7. The number of halogens is 3. The molecule has 4 aromatic carbocycles. The topological polar surface area (TPSA) is 166 Å². The van der Waals surface area contributed by atoms with E-state index < -0.39 is 0 Å². The van der Waals surface area contributed by atoms with E-state index in [1.54, 1.807) is 18.2 Å². The molecule has 12 nitrogen and oxygen atoms in total. The third kappa shape index (κ3) is 45.6. The number of carbonyl (C=O) groups excluding carboxylic acids is 2. The van der Waals surface area contributed by atoms with Gasteiger partial charge in [-0.05, 0) is 239 Å². The summed E-state index contributed by atoms with van der Waals surface area (Å²) in [5.74, 6) is 5.87. The summed E-state index contributed by atoms with van der Waals surface area (Å²) in [5.41, 5.74) is 11.8. The lowest BCUT2D eigenvalue weighted by Gasteiger charge is -2.17. The molecule has 2 amide bonds. The SMILES string of the molecule is CC(C)C(C)NCC1CC1.CC(C)C(N)CCc1ccccc1.CCNCCNC(C)C(C)C.Cc1cc(NC(=O)CCCNC(C)C(C)C)ccc1Cl.Cc1cc(OCCCCNC(C)C(C)C)ccc1Cl.Cc1ccc(C(=O)NCCNC(C)C(C)C)cc1Cl. The minimum atomic E-state index is -0.0825. The Bertz CT molecular complexity index is 2490. The van der Waals surface area contributed by atoms with Crippen LogP contribution in [0.5, 0.6) is 5.75 Å². The van der Waals surface area contributed by atoms with Gasteiger partial charge < -0.3 is 53.0 Å². The number of aryl methyl sites for hydroxylation is 4. The van der Waals surface area contributed by atoms with Crippen LogP contribution in [0.4, 0.5) is 5.69 Å². The van der Waals surface area contributed by atoms with Crippen LogP contribution < -0.4 is 53.0 Å². The Morgan fingerprint density at radius 1 is 0.522 bits per heavy atom. The third-order valence-electron chi connectivity index (χ3n) is 17.1. The molecule has 1 fully saturated rings. The molecule has 0 saturated heterocycles. The second-order valence-corrected chi connectivity index (χ2v) is 28.6. The van der Waals surface area contributed by atoms with Gasteiger partial charge in [0.2, 0.25) is 5.91 Å². The lowest BCUT2D eigenvalue weighted by molar-refractivity contribution is -0.116. The number of nitrogens with one attached hydrogen (secondary N) is 8. The van der Waals surface area contributed by atoms with Crippen molar-refractivity contribution in [3.63, 3.8) is 0 Å². The Balaban J connectivity index is 0.00000110. The van der Waals surface area contributed by atoms with Gasteiger partial charge in [0.15, 0.2) is 0 Å². The molecule has 10 N–H and O–H groups in total. The van der Waals surface area contributed by atoms with Crippen molar-refractivity contribution in [3.05, 3.63) is 128 Å². The van der Waals surface area contributed by atoms with Gasteiger partial charge in [0.25, 0.3) is 5.91 Å². The number of anilines is 1. The molecule has 526 valence electrons. The number of nitrogens with two attached hydrogens (primary N) is 1. The second kappa shape index (κ2) is 52.4. The van der Waals surface area contributed by atoms with Crippen molar-refractivity contribution in [2.45, 2.75) is 233 Å². The minimum absolute atomic E-state index is 0.0470. The van der Waals surface area contributed by atoms with E-state index >= 15 is 0 Å². The molecule has 92 heavy (non-hydrogen) atoms. The number of amides is 2. The predicted octanol–water partition coefficient (Wildman–Crippen LogP) is 17.3. The molecule has 15 heteroatoms. The van der Waals surface area contributed by atoms with E-state index in [1.807, 2.05) is 63.2 Å². The van der Waals surface area contributed by atoms with Crippen LogP contribution in [0, 0.1) is 62.2 Å². The molecule has 1 aliphatic rings. The smallest absolute Gasteiger partial charge is 0.251 e. The summed E-state index contributed by atoms with van der Waals surface area (Å²) in [6, 6.07) is 30.4. The van der Waals surface area contributed by atoms with Gasteiger partial charge in [-0.3, -0.25) is 9.59 Å². The normalized spacial score (nSPS) is 13.8. The van der Waals surface area contributed by atoms with Gasteiger partial charge in [-0.2, -0.15) is 0 Å². The van der Waals surface area contributed by atoms with Crippen LogP contribution in [0.2, 0.25) is 15.1 Å². The van der Waals surface area contributed by atoms with E-state index in [9.17, 15) is 9.59 Å². The van der Waals surface area contributed by atoms with Crippen molar-refractivity contribution in [2.75, 3.05) is 64.3 Å². The zero-order valence-electron chi connectivity index (χ0n) is 61.5. The van der Waals surface area contributed by atoms with Gasteiger partial charge in [0, 0.05) is 95.2 Å². The number of hydrogen-bond acceptors (Lipinski definition) is 10. The fraction of sp³-hybridized carbons (Fsp3) is 0.662. The van der Waals surface area contributed by atoms with Crippen LogP contribution in [-0.2, 0) is 11.2 Å². The molecule has 1 aliphatic carbocycles. The van der Waals surface area contributed by atoms with Gasteiger partial charge in [-0.25, -0.2) is 0 Å². The molecular formula is C77H134Cl3N9O3. The average molecular weight is 1340 g/mol. The fourth-order valence-electron chi connectivity index (χ4n) is 8.02. The molecular weight excluding hydrogens is 1210 g/mol. The van der Waals surface area contributed by atoms with E-state index in [0.717, 1.165) is 134 Å². The lowest BCUT2D eigenvalue weighted by Crippen LogP contribution is -2.37. The Morgan fingerprint density at radius 3 is 1.51 bits per heavy atom. The first-order valence-corrected chi connectivity index (χ1v) is 36.2. The van der Waals surface area contributed by atoms with Crippen LogP contribution in [0.25, 0.3) is 0 Å². The molecule has 1 saturated carbocycles. The number of unbranched alkanes of at least 4 members (excludes halogenated alkanes) is 1. The Labute approximate surface area is 578 Å². The highest BCUT2D eigenvalue weighted by atomic mass is 35.5. The Hall–Kier alpha value is -3.79. The van der Waals surface area contributed by atoms with Crippen molar-refractivity contribution in [2.24, 2.45) is 47.2 Å². The number of carbonyl (C=O) groups is 2. The first-order chi connectivity index (χ1) is 43.4. The van der Waals surface area contributed by atoms with Crippen LogP contribution in [0.1, 0.15) is 202 Å². The van der Waals surface area contributed by atoms with E-state index in [1.165, 1.54) is 24.9 Å². The van der Waals surface area contributed by atoms with E-state index in [4.69, 9.17) is 45.3 Å². The van der Waals surface area contributed by atoms with Gasteiger partial charge >= 0.3 is 0 Å². The monoisotopic (exact) mass is 1340 g/mol. The fourth-order valence-corrected chi connectivity index (χ4v) is 8.44. The molecule has 5 rings (SSSR count). The summed E-state index contributed by atoms with van der Waals surface area (Å²) < 4.78 is 5.71. The van der Waals surface area contributed by atoms with Crippen LogP contribution in [-0.4, -0.2) is 107 Å². The predicted molar refractivity (Wildman–Crippen MR) is 404 cm³/mol. The Kier molecular flexibility index (Phi) is 50.2. The molecule has 0 aromatic heterocycles. The molecule has 0 radical (unpaired) electrons. The van der Waals surface area contributed by atoms with Gasteiger partial charge in [-0.1, -0.05) is 161 Å². The van der Waals surface area contributed by atoms with Crippen molar-refractivity contribution >= 4 is 52.3 Å². The number of ether oxygens (including phenoxy) is 1. The molecule has 0 heterocycles. The maximum atomic E-state index is 11.9. The first kappa shape index (κ1) is 88.2. The first-order valence-electron chi connectivity index (χ1n) is 35.1. The average Bonchev–Trinajstić information content (AvgIpc) is 1.56. The largest absolute Gasteiger partial charge is 0.494 e. The number of benzene rings is 4. The maximum absolute atomic E-state index is 11.9. The van der Waals surface area contributed by atoms with Gasteiger partial charge in [0.05, 0.1) is 6.61 Å². The molecule has 0 spiro atoms. The minimum Gasteiger partial charge on any atom is -0.494 e. The highest BCUT2D eigenvalue weighted by Crippen LogP contribution is 2.28. The summed E-state index contributed by atoms with van der Waals surface area (Å²) in [5, 5.41) is 28.5. The maximum Gasteiger partial charge on any atom is 0.251 e. The third-order valence-corrected chi connectivity index (χ3v) is 18.4. The zero-order chi connectivity index (χ0) is 69.7. The molecule has 0 bridgehead atoms. The molecule has 0 aliphatic heterocycles. The number of likely N-dealkylation sites (N-methyl/N-ethyl adjacent to an activating group) is 1. The Morgan fingerprint density at radius 2 is 1.02 bits per heavy atom. The van der Waals surface area contributed by atoms with Crippen LogP contribution in [0.15, 0.2) is 84.9 Å². The van der Waals surface area contributed by atoms with Gasteiger partial charge in [0.1, 0.15) is 5.75 Å². The highest BCUT2D eigenvalue weighted by Gasteiger charge is 2.22. The summed E-state index contributed by atoms with van der Waals surface area (Å²) in [7, 11) is 0. The van der Waals surface area contributed by atoms with Crippen molar-refractivity contribution in [1.82, 2.24) is 37.2 Å². The summed E-state index contributed by atoms with van der Waals surface area (Å²) in [6.45, 7) is 54.1. The zero-order valence-corrected chi connectivity index (χ0v) is 63.8. The lowest BCUT2D eigenvalue weighted by atomic mass is 9.98. The second-order valence-electron chi connectivity index (χ2n) is 27.4. The van der Waals surface area contributed by atoms with Crippen molar-refractivity contribution in [3.8, 4) is 5.75 Å². The summed E-state index contributed by atoms with van der Waals surface area (Å²) in [6.07, 6.45) is 8.68. The highest BCUT2D eigenvalue weighted by molar-refractivity contribution is 6.32. The van der Waals surface area contributed by atoms with Crippen LogP contribution in [0.3, 0.4) is 0 Å². The van der Waals surface area contributed by atoms with E-state index in [2.05, 4.69) is 191 Å². The van der Waals surface area contributed by atoms with Gasteiger partial charge in [-0.15, -0.1) is 0 Å². The number of hydrogen-bond donors (Lipinski definition) is 9. The van der Waals surface area contributed by atoms with E-state index in [-0.39, 0.29) is 11.8 Å². The van der Waals surface area contributed by atoms with Crippen molar-refractivity contribution in [1.29, 1.82) is 0 Å². The quantitative estimate of drug-likeness (QED) is 0.0203. The number of rotatable bonds is 35.